The van der Waals surface area contributed by atoms with E-state index >= 15 is 0 Å². The molecule has 1 saturated heterocycles. The summed E-state index contributed by atoms with van der Waals surface area (Å²) >= 11 is 0. The van der Waals surface area contributed by atoms with Crippen LogP contribution in [0, 0.1) is 0 Å². The monoisotopic (exact) mass is 414 g/mol. The number of anilines is 2. The molecule has 3 aromatic carbocycles. The minimum atomic E-state index is -0.165. The van der Waals surface area contributed by atoms with Crippen molar-refractivity contribution < 1.29 is 9.59 Å². The van der Waals surface area contributed by atoms with Crippen LogP contribution in [-0.4, -0.2) is 56.5 Å². The Morgan fingerprint density at radius 1 is 0.935 bits per heavy atom. The fourth-order valence-corrected chi connectivity index (χ4v) is 4.43. The first kappa shape index (κ1) is 19.6. The van der Waals surface area contributed by atoms with E-state index in [4.69, 9.17) is 0 Å². The first-order chi connectivity index (χ1) is 15.1. The molecule has 1 fully saturated rings. The van der Waals surface area contributed by atoms with Gasteiger partial charge in [0.15, 0.2) is 0 Å². The second kappa shape index (κ2) is 8.04. The summed E-state index contributed by atoms with van der Waals surface area (Å²) in [6, 6.07) is 19.9. The van der Waals surface area contributed by atoms with Gasteiger partial charge in [-0.1, -0.05) is 36.4 Å². The van der Waals surface area contributed by atoms with Crippen LogP contribution < -0.4 is 15.1 Å². The molecule has 31 heavy (non-hydrogen) atoms. The molecule has 0 aliphatic carbocycles. The van der Waals surface area contributed by atoms with Crippen LogP contribution in [0.1, 0.15) is 15.9 Å². The molecule has 0 spiro atoms. The molecule has 0 bridgehead atoms. The third-order valence-electron chi connectivity index (χ3n) is 6.25. The van der Waals surface area contributed by atoms with Crippen molar-refractivity contribution in [2.75, 3.05) is 49.6 Å². The molecule has 3 aromatic rings. The van der Waals surface area contributed by atoms with E-state index in [1.807, 2.05) is 36.4 Å². The summed E-state index contributed by atoms with van der Waals surface area (Å²) in [4.78, 5) is 31.7. The Bertz CT molecular complexity index is 1130. The van der Waals surface area contributed by atoms with Crippen molar-refractivity contribution in [3.63, 3.8) is 0 Å². The van der Waals surface area contributed by atoms with Crippen LogP contribution in [0.25, 0.3) is 10.8 Å². The third-order valence-corrected chi connectivity index (χ3v) is 6.25. The molecule has 2 aliphatic rings. The minimum absolute atomic E-state index is 0.0198. The van der Waals surface area contributed by atoms with Gasteiger partial charge in [0.1, 0.15) is 6.54 Å². The van der Waals surface area contributed by atoms with Crippen molar-refractivity contribution in [2.24, 2.45) is 0 Å². The number of amides is 2. The molecule has 5 rings (SSSR count). The second-order valence-corrected chi connectivity index (χ2v) is 8.31. The van der Waals surface area contributed by atoms with Crippen molar-refractivity contribution >= 4 is 34.0 Å². The van der Waals surface area contributed by atoms with E-state index in [1.54, 1.807) is 4.90 Å². The predicted molar refractivity (Wildman–Crippen MR) is 124 cm³/mol. The number of likely N-dealkylation sites (N-methyl/N-ethyl adjacent to an activating group) is 1. The maximum Gasteiger partial charge on any atom is 0.259 e. The predicted octanol–water partition coefficient (Wildman–Crippen LogP) is 2.87. The van der Waals surface area contributed by atoms with E-state index in [0.717, 1.165) is 48.2 Å². The molecule has 0 atom stereocenters. The van der Waals surface area contributed by atoms with Gasteiger partial charge in [-0.15, -0.1) is 0 Å². The Balaban J connectivity index is 1.20. The summed E-state index contributed by atoms with van der Waals surface area (Å²) in [5, 5.41) is 4.91. The molecule has 0 aromatic heterocycles. The summed E-state index contributed by atoms with van der Waals surface area (Å²) in [5.74, 6) is -0.278. The van der Waals surface area contributed by atoms with Crippen molar-refractivity contribution in [1.82, 2.24) is 10.2 Å². The van der Waals surface area contributed by atoms with Gasteiger partial charge in [0.2, 0.25) is 5.91 Å². The molecule has 0 saturated carbocycles. The molecule has 2 amide bonds. The molecule has 6 nitrogen and oxygen atoms in total. The van der Waals surface area contributed by atoms with Crippen LogP contribution in [0.2, 0.25) is 0 Å². The van der Waals surface area contributed by atoms with Crippen LogP contribution in [0.4, 0.5) is 11.4 Å². The van der Waals surface area contributed by atoms with Crippen LogP contribution in [0.15, 0.2) is 60.7 Å². The first-order valence-electron chi connectivity index (χ1n) is 10.7. The topological polar surface area (TPSA) is 55.9 Å². The lowest BCUT2D eigenvalue weighted by Crippen LogP contribution is -2.44. The number of hydrogen-bond acceptors (Lipinski definition) is 4. The first-order valence-corrected chi connectivity index (χ1v) is 10.7. The van der Waals surface area contributed by atoms with Crippen molar-refractivity contribution in [1.29, 1.82) is 0 Å². The number of piperazine rings is 1. The zero-order valence-corrected chi connectivity index (χ0v) is 17.7. The van der Waals surface area contributed by atoms with Crippen molar-refractivity contribution in [3.05, 3.63) is 71.8 Å². The van der Waals surface area contributed by atoms with Gasteiger partial charge >= 0.3 is 0 Å². The highest BCUT2D eigenvalue weighted by atomic mass is 16.2. The summed E-state index contributed by atoms with van der Waals surface area (Å²) < 4.78 is 0. The van der Waals surface area contributed by atoms with E-state index < -0.39 is 0 Å². The Hall–Kier alpha value is -3.38. The molecule has 158 valence electrons. The van der Waals surface area contributed by atoms with Gasteiger partial charge in [-0.25, -0.2) is 0 Å². The lowest BCUT2D eigenvalue weighted by atomic mass is 10.1. The van der Waals surface area contributed by atoms with E-state index in [2.05, 4.69) is 46.4 Å². The number of hydrogen-bond donors (Lipinski definition) is 1. The van der Waals surface area contributed by atoms with Gasteiger partial charge in [0, 0.05) is 49.4 Å². The highest BCUT2D eigenvalue weighted by Crippen LogP contribution is 2.36. The molecule has 2 heterocycles. The normalized spacial score (nSPS) is 16.2. The smallest absolute Gasteiger partial charge is 0.259 e. The van der Waals surface area contributed by atoms with E-state index in [1.165, 1.54) is 5.69 Å². The minimum Gasteiger partial charge on any atom is -0.369 e. The number of carbonyl (C=O) groups is 2. The third kappa shape index (κ3) is 3.75. The van der Waals surface area contributed by atoms with Gasteiger partial charge in [0.05, 0.1) is 5.69 Å². The zero-order valence-electron chi connectivity index (χ0n) is 17.7. The lowest BCUT2D eigenvalue weighted by Gasteiger charge is -2.34. The van der Waals surface area contributed by atoms with Gasteiger partial charge in [-0.2, -0.15) is 0 Å². The molecular weight excluding hydrogens is 388 g/mol. The summed E-state index contributed by atoms with van der Waals surface area (Å²) in [7, 11) is 2.15. The lowest BCUT2D eigenvalue weighted by molar-refractivity contribution is -0.119. The fourth-order valence-electron chi connectivity index (χ4n) is 4.43. The van der Waals surface area contributed by atoms with Gasteiger partial charge in [-0.3, -0.25) is 14.5 Å². The summed E-state index contributed by atoms with van der Waals surface area (Å²) in [5.41, 5.74) is 3.74. The molecule has 2 aliphatic heterocycles. The van der Waals surface area contributed by atoms with E-state index in [0.29, 0.717) is 12.1 Å². The van der Waals surface area contributed by atoms with Crippen LogP contribution in [-0.2, 0) is 11.3 Å². The molecular formula is C25H26N4O2. The van der Waals surface area contributed by atoms with Gasteiger partial charge < -0.3 is 15.1 Å². The Labute approximate surface area is 182 Å². The quantitative estimate of drug-likeness (QED) is 0.698. The highest BCUT2D eigenvalue weighted by Gasteiger charge is 2.30. The number of benzene rings is 3. The van der Waals surface area contributed by atoms with Crippen molar-refractivity contribution in [2.45, 2.75) is 6.54 Å². The SMILES string of the molecule is CN1CCN(c2ccc(CNC(=O)CN3C(=O)c4cccc5cccc3c45)cc2)CC1. The number of rotatable bonds is 5. The second-order valence-electron chi connectivity index (χ2n) is 8.31. The largest absolute Gasteiger partial charge is 0.369 e. The number of carbonyl (C=O) groups excluding carboxylic acids is 2. The van der Waals surface area contributed by atoms with Crippen LogP contribution in [0.3, 0.4) is 0 Å². The Morgan fingerprint density at radius 2 is 1.65 bits per heavy atom. The van der Waals surface area contributed by atoms with Gasteiger partial charge in [0.25, 0.3) is 5.91 Å². The van der Waals surface area contributed by atoms with Crippen LogP contribution in [0.5, 0.6) is 0 Å². The van der Waals surface area contributed by atoms with E-state index in [9.17, 15) is 9.59 Å². The zero-order chi connectivity index (χ0) is 21.4. The summed E-state index contributed by atoms with van der Waals surface area (Å²) in [6.45, 7) is 4.68. The molecule has 0 unspecified atom stereocenters. The van der Waals surface area contributed by atoms with E-state index in [-0.39, 0.29) is 18.4 Å². The number of nitrogens with one attached hydrogen (secondary N) is 1. The maximum absolute atomic E-state index is 12.8. The van der Waals surface area contributed by atoms with Crippen LogP contribution >= 0.6 is 0 Å². The molecule has 0 radical (unpaired) electrons. The standard InChI is InChI=1S/C25H26N4O2/c1-27-12-14-28(15-13-27)20-10-8-18(9-11-20)16-26-23(30)17-29-22-7-3-5-19-4-2-6-21(24(19)22)25(29)31/h2-11H,12-17H2,1H3,(H,26,30). The maximum atomic E-state index is 12.8. The van der Waals surface area contributed by atoms with Gasteiger partial charge in [-0.05, 0) is 42.3 Å². The molecule has 6 heteroatoms. The Morgan fingerprint density at radius 3 is 2.39 bits per heavy atom. The van der Waals surface area contributed by atoms with Crippen molar-refractivity contribution in [3.8, 4) is 0 Å². The average molecular weight is 415 g/mol. The molecule has 1 N–H and O–H groups in total. The summed E-state index contributed by atoms with van der Waals surface area (Å²) in [6.07, 6.45) is 0. The number of nitrogens with zero attached hydrogens (tertiary/aromatic N) is 3. The Kier molecular flexibility index (Phi) is 5.08. The fraction of sp³-hybridized carbons (Fsp3) is 0.280. The highest BCUT2D eigenvalue weighted by molar-refractivity contribution is 6.26. The average Bonchev–Trinajstić information content (AvgIpc) is 3.07.